The minimum atomic E-state index is -2.49. The summed E-state index contributed by atoms with van der Waals surface area (Å²) in [4.78, 5) is 68.1. The number of nitrogens with one attached hydrogen (secondary N) is 1. The molecule has 0 aromatic heterocycles. The molecular formula is C22H27NO7S2. The second-order valence-electron chi connectivity index (χ2n) is 7.87. The largest absolute Gasteiger partial charge is 0.464 e. The number of carbonyl (C=O) groups excluding carboxylic acids is 5. The molecule has 0 aromatic rings. The number of amides is 1. The number of Topliss-reactive ketones (excluding diaryl/α,β-unsaturated/α-hetero) is 2. The lowest BCUT2D eigenvalue weighted by Crippen LogP contribution is -2.77. The van der Waals surface area contributed by atoms with Crippen molar-refractivity contribution in [1.82, 2.24) is 5.32 Å². The first-order chi connectivity index (χ1) is 15.2. The Morgan fingerprint density at radius 2 is 1.62 bits per heavy atom. The molecule has 8 nitrogen and oxygen atoms in total. The maximum atomic E-state index is 14.3. The van der Waals surface area contributed by atoms with Gasteiger partial charge in [0.15, 0.2) is 11.6 Å². The summed E-state index contributed by atoms with van der Waals surface area (Å²) in [5, 5.41) is 2.47. The first-order valence-electron chi connectivity index (χ1n) is 10.4. The fraction of sp³-hybridized carbons (Fsp3) is 0.591. The van der Waals surface area contributed by atoms with Crippen LogP contribution in [-0.2, 0) is 33.4 Å². The lowest BCUT2D eigenvalue weighted by atomic mass is 9.52. The van der Waals surface area contributed by atoms with Gasteiger partial charge in [-0.25, -0.2) is 9.59 Å². The van der Waals surface area contributed by atoms with Gasteiger partial charge in [0.1, 0.15) is 0 Å². The molecule has 0 aromatic carbocycles. The molecule has 0 heterocycles. The van der Waals surface area contributed by atoms with Gasteiger partial charge in [0.05, 0.1) is 28.4 Å². The fourth-order valence-electron chi connectivity index (χ4n) is 5.56. The Kier molecular flexibility index (Phi) is 6.95. The van der Waals surface area contributed by atoms with E-state index in [0.717, 1.165) is 18.7 Å². The van der Waals surface area contributed by atoms with E-state index in [1.807, 2.05) is 6.08 Å². The highest BCUT2D eigenvalue weighted by Gasteiger charge is 2.80. The summed E-state index contributed by atoms with van der Waals surface area (Å²) in [5.41, 5.74) is -4.36. The van der Waals surface area contributed by atoms with Crippen molar-refractivity contribution in [3.8, 4) is 0 Å². The van der Waals surface area contributed by atoms with E-state index in [0.29, 0.717) is 11.3 Å². The minimum Gasteiger partial charge on any atom is -0.464 e. The van der Waals surface area contributed by atoms with Crippen LogP contribution in [0.2, 0.25) is 0 Å². The Hall–Kier alpha value is -2.07. The van der Waals surface area contributed by atoms with Gasteiger partial charge >= 0.3 is 11.9 Å². The Morgan fingerprint density at radius 3 is 2.09 bits per heavy atom. The summed E-state index contributed by atoms with van der Waals surface area (Å²) in [7, 11) is 0. The number of ether oxygens (including phenoxy) is 2. The zero-order chi connectivity index (χ0) is 23.8. The number of esters is 2. The molecule has 0 saturated heterocycles. The van der Waals surface area contributed by atoms with Gasteiger partial charge in [0, 0.05) is 12.8 Å². The molecule has 1 saturated carbocycles. The third-order valence-electron chi connectivity index (χ3n) is 6.47. The Balaban J connectivity index is 2.44. The van der Waals surface area contributed by atoms with Gasteiger partial charge in [-0.3, -0.25) is 14.4 Å². The monoisotopic (exact) mass is 481 g/mol. The van der Waals surface area contributed by atoms with Crippen molar-refractivity contribution in [3.05, 3.63) is 22.0 Å². The molecule has 174 valence electrons. The van der Waals surface area contributed by atoms with Gasteiger partial charge in [-0.1, -0.05) is 12.2 Å². The van der Waals surface area contributed by atoms with E-state index < -0.39 is 46.4 Å². The quantitative estimate of drug-likeness (QED) is 0.315. The highest BCUT2D eigenvalue weighted by Crippen LogP contribution is 2.66. The predicted octanol–water partition coefficient (Wildman–Crippen LogP) is 1.89. The number of hydrogen-bond donors (Lipinski definition) is 1. The van der Waals surface area contributed by atoms with Crippen molar-refractivity contribution in [2.24, 2.45) is 23.2 Å². The summed E-state index contributed by atoms with van der Waals surface area (Å²) >= 11 is 2.27. The van der Waals surface area contributed by atoms with E-state index in [4.69, 9.17) is 9.47 Å². The third-order valence-corrected chi connectivity index (χ3v) is 8.21. The van der Waals surface area contributed by atoms with Crippen LogP contribution in [0.3, 0.4) is 0 Å². The van der Waals surface area contributed by atoms with Crippen LogP contribution < -0.4 is 5.32 Å². The highest BCUT2D eigenvalue weighted by molar-refractivity contribution is 8.07. The Labute approximate surface area is 195 Å². The first-order valence-corrected chi connectivity index (χ1v) is 12.9. The molecule has 10 heteroatoms. The molecule has 32 heavy (non-hydrogen) atoms. The predicted molar refractivity (Wildman–Crippen MR) is 121 cm³/mol. The summed E-state index contributed by atoms with van der Waals surface area (Å²) in [5.74, 6) is -5.67. The van der Waals surface area contributed by atoms with Crippen LogP contribution in [0, 0.1) is 23.2 Å². The maximum Gasteiger partial charge on any atom is 0.344 e. The number of hydrogen-bond acceptors (Lipinski definition) is 9. The molecule has 1 amide bonds. The Bertz CT molecular complexity index is 923. The lowest BCUT2D eigenvalue weighted by Gasteiger charge is -2.52. The number of thioether (sulfide) groups is 2. The Morgan fingerprint density at radius 1 is 1.06 bits per heavy atom. The molecule has 0 unspecified atom stereocenters. The molecule has 2 bridgehead atoms. The van der Waals surface area contributed by atoms with Crippen molar-refractivity contribution >= 4 is 52.9 Å². The van der Waals surface area contributed by atoms with E-state index >= 15 is 0 Å². The average molecular weight is 482 g/mol. The molecule has 1 N–H and O–H groups in total. The van der Waals surface area contributed by atoms with Crippen molar-refractivity contribution in [3.63, 3.8) is 0 Å². The molecule has 3 rings (SSSR count). The highest BCUT2D eigenvalue weighted by atomic mass is 32.2. The molecule has 3 aliphatic rings. The minimum absolute atomic E-state index is 0.0896. The SMILES string of the molecule is CCOC(=O)C(NC(C)=O)(C(=O)OCC)[C@]12C(=O)C(SC)=C(SC)C(=O)[C@H]1[C@H]1C=C[C@@H]2C1. The first kappa shape index (κ1) is 24.6. The van der Waals surface area contributed by atoms with Gasteiger partial charge in [-0.2, -0.15) is 0 Å². The summed E-state index contributed by atoms with van der Waals surface area (Å²) < 4.78 is 10.6. The van der Waals surface area contributed by atoms with E-state index in [1.165, 1.54) is 11.8 Å². The third kappa shape index (κ3) is 3.09. The van der Waals surface area contributed by atoms with Crippen LogP contribution in [0.4, 0.5) is 0 Å². The van der Waals surface area contributed by atoms with Crippen molar-refractivity contribution in [2.45, 2.75) is 32.7 Å². The van der Waals surface area contributed by atoms with Gasteiger partial charge < -0.3 is 14.8 Å². The van der Waals surface area contributed by atoms with Crippen molar-refractivity contribution in [2.75, 3.05) is 25.7 Å². The zero-order valence-corrected chi connectivity index (χ0v) is 20.3. The number of carbonyl (C=O) groups is 5. The number of fused-ring (bicyclic) bond motifs is 5. The smallest absolute Gasteiger partial charge is 0.344 e. The molecule has 0 aliphatic heterocycles. The summed E-state index contributed by atoms with van der Waals surface area (Å²) in [6, 6.07) is 0. The van der Waals surface area contributed by atoms with Crippen LogP contribution in [0.5, 0.6) is 0 Å². The lowest BCUT2D eigenvalue weighted by molar-refractivity contribution is -0.184. The van der Waals surface area contributed by atoms with Crippen molar-refractivity contribution in [1.29, 1.82) is 0 Å². The van der Waals surface area contributed by atoms with Gasteiger partial charge in [-0.15, -0.1) is 23.5 Å². The summed E-state index contributed by atoms with van der Waals surface area (Å²) in [6.45, 7) is 4.09. The second-order valence-corrected chi connectivity index (χ2v) is 9.50. The van der Waals surface area contributed by atoms with E-state index in [-0.39, 0.29) is 29.8 Å². The molecule has 1 fully saturated rings. The van der Waals surface area contributed by atoms with E-state index in [9.17, 15) is 24.0 Å². The topological polar surface area (TPSA) is 116 Å². The normalized spacial score (nSPS) is 28.6. The standard InChI is InChI=1S/C22H27NO7S2/c1-6-29-19(27)22(23-11(3)24,20(28)30-7-2)21-13-9-8-12(10-13)14(21)15(25)16(31-4)17(32-5)18(21)26/h8-9,12-14H,6-7,10H2,1-5H3,(H,23,24)/t12-,13+,14+,21-/m0/s1. The van der Waals surface area contributed by atoms with Gasteiger partial charge in [-0.05, 0) is 44.6 Å². The molecular weight excluding hydrogens is 454 g/mol. The van der Waals surface area contributed by atoms with Gasteiger partial charge in [0.2, 0.25) is 5.91 Å². The second kappa shape index (κ2) is 9.05. The van der Waals surface area contributed by atoms with Gasteiger partial charge in [0.25, 0.3) is 5.54 Å². The molecule has 0 radical (unpaired) electrons. The summed E-state index contributed by atoms with van der Waals surface area (Å²) in [6.07, 6.45) is 7.41. The van der Waals surface area contributed by atoms with Crippen LogP contribution in [0.15, 0.2) is 22.0 Å². The van der Waals surface area contributed by atoms with E-state index in [1.54, 1.807) is 32.4 Å². The number of ketones is 2. The average Bonchev–Trinajstić information content (AvgIpc) is 3.35. The molecule has 3 aliphatic carbocycles. The van der Waals surface area contributed by atoms with Crippen LogP contribution in [-0.4, -0.2) is 60.7 Å². The van der Waals surface area contributed by atoms with Crippen molar-refractivity contribution < 1.29 is 33.4 Å². The van der Waals surface area contributed by atoms with E-state index in [2.05, 4.69) is 5.32 Å². The maximum absolute atomic E-state index is 14.3. The number of allylic oxidation sites excluding steroid dienone is 4. The van der Waals surface area contributed by atoms with Crippen LogP contribution in [0.25, 0.3) is 0 Å². The van der Waals surface area contributed by atoms with Crippen LogP contribution in [0.1, 0.15) is 27.2 Å². The van der Waals surface area contributed by atoms with Crippen LogP contribution >= 0.6 is 23.5 Å². The zero-order valence-electron chi connectivity index (χ0n) is 18.7. The molecule has 0 spiro atoms. The molecule has 4 atom stereocenters. The fourth-order valence-corrected chi connectivity index (χ4v) is 7.31. The number of rotatable bonds is 8.